The first kappa shape index (κ1) is 14.4. The number of carbonyl (C=O) groups is 1. The van der Waals surface area contributed by atoms with E-state index in [4.69, 9.17) is 4.74 Å². The number of hydrogen-bond acceptors (Lipinski definition) is 5. The molecule has 1 aromatic heterocycles. The summed E-state index contributed by atoms with van der Waals surface area (Å²) >= 11 is 0. The van der Waals surface area contributed by atoms with Crippen molar-refractivity contribution >= 4 is 11.9 Å². The van der Waals surface area contributed by atoms with Crippen LogP contribution in [0.4, 0.5) is 4.79 Å². The van der Waals surface area contributed by atoms with E-state index < -0.39 is 5.60 Å². The Labute approximate surface area is 118 Å². The van der Waals surface area contributed by atoms with Crippen LogP contribution in [0.5, 0.6) is 0 Å². The van der Waals surface area contributed by atoms with Crippen molar-refractivity contribution in [3.8, 4) is 0 Å². The van der Waals surface area contributed by atoms with Crippen molar-refractivity contribution < 1.29 is 9.53 Å². The van der Waals surface area contributed by atoms with Gasteiger partial charge in [0.15, 0.2) is 0 Å². The van der Waals surface area contributed by atoms with Crippen LogP contribution in [0.2, 0.25) is 0 Å². The maximum absolute atomic E-state index is 12.0. The predicted octanol–water partition coefficient (Wildman–Crippen LogP) is 1.15. The van der Waals surface area contributed by atoms with Gasteiger partial charge in [0.1, 0.15) is 11.4 Å². The van der Waals surface area contributed by atoms with Crippen molar-refractivity contribution in [1.82, 2.24) is 20.4 Å². The highest BCUT2D eigenvalue weighted by atomic mass is 16.6. The molecule has 0 radical (unpaired) electrons. The molecule has 0 saturated carbocycles. The normalized spacial score (nSPS) is 15.8. The zero-order chi connectivity index (χ0) is 14.6. The van der Waals surface area contributed by atoms with E-state index in [2.05, 4.69) is 20.5 Å². The second-order valence-electron chi connectivity index (χ2n) is 5.67. The number of aromatic amines is 1. The van der Waals surface area contributed by atoms with Gasteiger partial charge in [-0.25, -0.2) is 4.79 Å². The highest BCUT2D eigenvalue weighted by Crippen LogP contribution is 2.11. The van der Waals surface area contributed by atoms with E-state index >= 15 is 0 Å². The highest BCUT2D eigenvalue weighted by Gasteiger charge is 2.24. The van der Waals surface area contributed by atoms with Crippen LogP contribution in [0.25, 0.3) is 0 Å². The van der Waals surface area contributed by atoms with E-state index in [0.29, 0.717) is 26.2 Å². The molecule has 1 aromatic rings. The number of carbonyl (C=O) groups excluding carboxylic acids is 1. The first-order chi connectivity index (χ1) is 9.44. The number of ether oxygens (including phenoxy) is 1. The molecule has 0 unspecified atom stereocenters. The van der Waals surface area contributed by atoms with Crippen molar-refractivity contribution in [3.05, 3.63) is 18.0 Å². The number of amides is 1. The molecular weight excluding hydrogens is 258 g/mol. The number of amidine groups is 1. The molecule has 1 aliphatic rings. The number of aliphatic imine (C=N–C) groups is 1. The summed E-state index contributed by atoms with van der Waals surface area (Å²) in [5.41, 5.74) is 0.497. The second-order valence-corrected chi connectivity index (χ2v) is 5.67. The fourth-order valence-corrected chi connectivity index (χ4v) is 1.79. The quantitative estimate of drug-likeness (QED) is 0.850. The molecule has 110 valence electrons. The topological polar surface area (TPSA) is 82.6 Å². The van der Waals surface area contributed by atoms with Gasteiger partial charge in [-0.05, 0) is 26.8 Å². The summed E-state index contributed by atoms with van der Waals surface area (Å²) in [7, 11) is 0. The molecule has 20 heavy (non-hydrogen) atoms. The van der Waals surface area contributed by atoms with Gasteiger partial charge < -0.3 is 10.1 Å². The van der Waals surface area contributed by atoms with Crippen LogP contribution in [0.3, 0.4) is 0 Å². The van der Waals surface area contributed by atoms with Crippen LogP contribution in [0, 0.1) is 0 Å². The van der Waals surface area contributed by atoms with E-state index in [1.807, 2.05) is 26.8 Å². The summed E-state index contributed by atoms with van der Waals surface area (Å²) in [5, 5.41) is 9.95. The lowest BCUT2D eigenvalue weighted by Gasteiger charge is -2.29. The number of hydrogen-bond donors (Lipinski definition) is 2. The lowest BCUT2D eigenvalue weighted by atomic mass is 10.2. The van der Waals surface area contributed by atoms with E-state index in [-0.39, 0.29) is 6.09 Å². The van der Waals surface area contributed by atoms with Crippen LogP contribution in [0.1, 0.15) is 26.5 Å². The van der Waals surface area contributed by atoms with Crippen LogP contribution in [0.15, 0.2) is 17.3 Å². The molecule has 0 saturated heterocycles. The first-order valence-electron chi connectivity index (χ1n) is 6.67. The Balaban J connectivity index is 1.84. The van der Waals surface area contributed by atoms with E-state index in [0.717, 1.165) is 11.5 Å². The molecule has 2 heterocycles. The highest BCUT2D eigenvalue weighted by molar-refractivity contribution is 5.87. The van der Waals surface area contributed by atoms with Crippen molar-refractivity contribution in [2.24, 2.45) is 4.99 Å². The maximum Gasteiger partial charge on any atom is 0.410 e. The minimum atomic E-state index is -0.477. The Morgan fingerprint density at radius 2 is 2.35 bits per heavy atom. The van der Waals surface area contributed by atoms with Crippen LogP contribution in [-0.2, 0) is 11.3 Å². The smallest absolute Gasteiger partial charge is 0.410 e. The fourth-order valence-electron chi connectivity index (χ4n) is 1.79. The second kappa shape index (κ2) is 5.94. The predicted molar refractivity (Wildman–Crippen MR) is 75.5 cm³/mol. The van der Waals surface area contributed by atoms with Gasteiger partial charge in [-0.15, -0.1) is 0 Å². The molecule has 7 heteroatoms. The molecule has 0 fully saturated rings. The molecular formula is C13H21N5O2. The van der Waals surface area contributed by atoms with E-state index in [1.54, 1.807) is 11.1 Å². The summed E-state index contributed by atoms with van der Waals surface area (Å²) in [6.07, 6.45) is 1.40. The average molecular weight is 279 g/mol. The number of aromatic nitrogens is 2. The first-order valence-corrected chi connectivity index (χ1v) is 6.67. The average Bonchev–Trinajstić information content (AvgIpc) is 2.88. The van der Waals surface area contributed by atoms with Gasteiger partial charge in [-0.1, -0.05) is 0 Å². The van der Waals surface area contributed by atoms with Gasteiger partial charge in [0.2, 0.25) is 0 Å². The minimum Gasteiger partial charge on any atom is -0.444 e. The lowest BCUT2D eigenvalue weighted by Crippen LogP contribution is -2.47. The summed E-state index contributed by atoms with van der Waals surface area (Å²) in [5.74, 6) is 0.789. The van der Waals surface area contributed by atoms with Crippen LogP contribution >= 0.6 is 0 Å². The molecule has 2 N–H and O–H groups in total. The maximum atomic E-state index is 12.0. The Morgan fingerprint density at radius 3 is 3.00 bits per heavy atom. The van der Waals surface area contributed by atoms with Gasteiger partial charge in [-0.3, -0.25) is 15.0 Å². The zero-order valence-electron chi connectivity index (χ0n) is 12.1. The van der Waals surface area contributed by atoms with Gasteiger partial charge in [0.05, 0.1) is 25.3 Å². The summed E-state index contributed by atoms with van der Waals surface area (Å²) in [6.45, 7) is 7.82. The molecule has 1 amide bonds. The van der Waals surface area contributed by atoms with E-state index in [1.165, 1.54) is 0 Å². The third-order valence-corrected chi connectivity index (χ3v) is 2.71. The van der Waals surface area contributed by atoms with Crippen LogP contribution < -0.4 is 5.32 Å². The van der Waals surface area contributed by atoms with Crippen LogP contribution in [-0.4, -0.2) is 52.3 Å². The third-order valence-electron chi connectivity index (χ3n) is 2.71. The van der Waals surface area contributed by atoms with Gasteiger partial charge >= 0.3 is 6.09 Å². The number of H-pyrrole nitrogens is 1. The van der Waals surface area contributed by atoms with Crippen molar-refractivity contribution in [3.63, 3.8) is 0 Å². The molecule has 0 aliphatic carbocycles. The Kier molecular flexibility index (Phi) is 4.26. The number of rotatable bonds is 2. The summed E-state index contributed by atoms with van der Waals surface area (Å²) in [6, 6.07) is 1.89. The number of nitrogens with zero attached hydrogens (tertiary/aromatic N) is 3. The van der Waals surface area contributed by atoms with Crippen molar-refractivity contribution in [1.29, 1.82) is 0 Å². The Hall–Kier alpha value is -2.05. The van der Waals surface area contributed by atoms with Gasteiger partial charge in [-0.2, -0.15) is 5.10 Å². The lowest BCUT2D eigenvalue weighted by molar-refractivity contribution is 0.0276. The molecule has 7 nitrogen and oxygen atoms in total. The Morgan fingerprint density at radius 1 is 1.55 bits per heavy atom. The third kappa shape index (κ3) is 4.25. The number of nitrogens with one attached hydrogen (secondary N) is 2. The molecule has 0 spiro atoms. The Bertz CT molecular complexity index is 475. The standard InChI is InChI=1S/C13H21N5O2/c1-13(2,3)20-12(19)18-7-6-14-11(9-18)15-8-10-4-5-16-17-10/h4-5H,6-9H2,1-3H3,(H,14,15)(H,16,17). The monoisotopic (exact) mass is 279 g/mol. The van der Waals surface area contributed by atoms with Gasteiger partial charge in [0, 0.05) is 12.7 Å². The zero-order valence-corrected chi connectivity index (χ0v) is 12.1. The molecule has 2 rings (SSSR count). The SMILES string of the molecule is CC(C)(C)OC(=O)N1CCN=C(NCc2ccn[nH]2)C1. The van der Waals surface area contributed by atoms with Gasteiger partial charge in [0.25, 0.3) is 0 Å². The fraction of sp³-hybridized carbons (Fsp3) is 0.615. The van der Waals surface area contributed by atoms with Crippen molar-refractivity contribution in [2.45, 2.75) is 32.9 Å². The summed E-state index contributed by atoms with van der Waals surface area (Å²) in [4.78, 5) is 18.0. The summed E-state index contributed by atoms with van der Waals surface area (Å²) < 4.78 is 5.36. The molecule has 0 atom stereocenters. The molecule has 1 aliphatic heterocycles. The molecule has 0 bridgehead atoms. The molecule has 0 aromatic carbocycles. The van der Waals surface area contributed by atoms with Crippen molar-refractivity contribution in [2.75, 3.05) is 19.6 Å². The minimum absolute atomic E-state index is 0.298. The van der Waals surface area contributed by atoms with E-state index in [9.17, 15) is 4.79 Å². The largest absolute Gasteiger partial charge is 0.444 e.